The van der Waals surface area contributed by atoms with E-state index < -0.39 is 22.2 Å². The van der Waals surface area contributed by atoms with E-state index in [4.69, 9.17) is 23.2 Å². The zero-order valence-electron chi connectivity index (χ0n) is 13.2. The van der Waals surface area contributed by atoms with Crippen LogP contribution in [0.3, 0.4) is 0 Å². The number of anilines is 4. The van der Waals surface area contributed by atoms with Crippen molar-refractivity contribution < 1.29 is 13.7 Å². The lowest BCUT2D eigenvalue weighted by Crippen LogP contribution is -2.06. The molecule has 27 heavy (non-hydrogen) atoms. The second-order valence-corrected chi connectivity index (χ2v) is 6.02. The van der Waals surface area contributed by atoms with Crippen molar-refractivity contribution in [2.24, 2.45) is 0 Å². The Kier molecular flexibility index (Phi) is 5.33. The molecule has 2 aromatic carbocycles. The molecule has 0 aliphatic heterocycles. The van der Waals surface area contributed by atoms with Gasteiger partial charge in [-0.15, -0.1) is 0 Å². The fourth-order valence-electron chi connectivity index (χ4n) is 2.18. The van der Waals surface area contributed by atoms with Gasteiger partial charge in [0.15, 0.2) is 0 Å². The predicted octanol–water partition coefficient (Wildman–Crippen LogP) is 5.46. The van der Waals surface area contributed by atoms with E-state index in [1.54, 1.807) is 6.07 Å². The predicted molar refractivity (Wildman–Crippen MR) is 98.1 cm³/mol. The Balaban J connectivity index is 2.04. The van der Waals surface area contributed by atoms with Crippen LogP contribution in [0.1, 0.15) is 0 Å². The molecule has 0 bridgehead atoms. The number of nitrogens with zero attached hydrogens (tertiary/aromatic N) is 3. The van der Waals surface area contributed by atoms with Gasteiger partial charge in [-0.25, -0.2) is 18.7 Å². The number of hydrogen-bond acceptors (Lipinski definition) is 6. The summed E-state index contributed by atoms with van der Waals surface area (Å²) in [5.74, 6) is -2.07. The zero-order valence-corrected chi connectivity index (χ0v) is 14.7. The third-order valence-electron chi connectivity index (χ3n) is 3.37. The fraction of sp³-hybridized carbons (Fsp3) is 0. The molecule has 0 saturated heterocycles. The maximum Gasteiger partial charge on any atom is 0.353 e. The van der Waals surface area contributed by atoms with E-state index in [-0.39, 0.29) is 28.0 Å². The highest BCUT2D eigenvalue weighted by Gasteiger charge is 2.24. The van der Waals surface area contributed by atoms with E-state index in [9.17, 15) is 18.9 Å². The van der Waals surface area contributed by atoms with E-state index in [2.05, 4.69) is 20.6 Å². The number of halogens is 4. The largest absolute Gasteiger partial charge is 0.353 e. The summed E-state index contributed by atoms with van der Waals surface area (Å²) in [6.07, 6.45) is 1.02. The van der Waals surface area contributed by atoms with Crippen LogP contribution in [0.15, 0.2) is 42.7 Å². The van der Waals surface area contributed by atoms with Crippen molar-refractivity contribution in [3.8, 4) is 0 Å². The second kappa shape index (κ2) is 7.68. The van der Waals surface area contributed by atoms with E-state index in [1.165, 1.54) is 12.1 Å². The average molecular weight is 412 g/mol. The molecule has 7 nitrogen and oxygen atoms in total. The summed E-state index contributed by atoms with van der Waals surface area (Å²) in [5.41, 5.74) is -0.630. The molecular formula is C16H9Cl2F2N5O2. The van der Waals surface area contributed by atoms with E-state index >= 15 is 0 Å². The van der Waals surface area contributed by atoms with Gasteiger partial charge in [0, 0.05) is 11.1 Å². The van der Waals surface area contributed by atoms with Gasteiger partial charge in [-0.2, -0.15) is 0 Å². The van der Waals surface area contributed by atoms with E-state index in [0.29, 0.717) is 5.02 Å². The third kappa shape index (κ3) is 4.21. The van der Waals surface area contributed by atoms with Crippen LogP contribution >= 0.6 is 23.2 Å². The minimum Gasteiger partial charge on any atom is -0.333 e. The van der Waals surface area contributed by atoms with Crippen molar-refractivity contribution >= 4 is 51.9 Å². The van der Waals surface area contributed by atoms with Gasteiger partial charge in [0.25, 0.3) is 0 Å². The maximum absolute atomic E-state index is 13.8. The number of hydrogen-bond donors (Lipinski definition) is 2. The van der Waals surface area contributed by atoms with Crippen LogP contribution in [0.4, 0.5) is 37.5 Å². The molecule has 2 N–H and O–H groups in total. The monoisotopic (exact) mass is 411 g/mol. The number of nitro groups is 1. The third-order valence-corrected chi connectivity index (χ3v) is 3.93. The van der Waals surface area contributed by atoms with Crippen LogP contribution in [0, 0.1) is 21.7 Å². The van der Waals surface area contributed by atoms with Crippen molar-refractivity contribution in [3.05, 3.63) is 74.5 Å². The number of rotatable bonds is 5. The molecule has 1 heterocycles. The minimum atomic E-state index is -0.809. The van der Waals surface area contributed by atoms with Crippen LogP contribution in [0.2, 0.25) is 10.0 Å². The van der Waals surface area contributed by atoms with Crippen LogP contribution in [0.5, 0.6) is 0 Å². The van der Waals surface area contributed by atoms with Crippen molar-refractivity contribution in [2.75, 3.05) is 10.6 Å². The molecule has 0 radical (unpaired) electrons. The summed E-state index contributed by atoms with van der Waals surface area (Å²) in [7, 11) is 0. The molecule has 138 valence electrons. The molecule has 0 aliphatic carbocycles. The first-order chi connectivity index (χ1) is 12.8. The molecule has 1 aromatic heterocycles. The Hall–Kier alpha value is -3.04. The van der Waals surface area contributed by atoms with Gasteiger partial charge in [-0.05, 0) is 30.3 Å². The molecule has 3 rings (SSSR count). The molecule has 0 spiro atoms. The van der Waals surface area contributed by atoms with Gasteiger partial charge < -0.3 is 10.6 Å². The Morgan fingerprint density at radius 1 is 0.963 bits per heavy atom. The topological polar surface area (TPSA) is 93.0 Å². The number of nitrogens with one attached hydrogen (secondary N) is 2. The lowest BCUT2D eigenvalue weighted by Gasteiger charge is -2.11. The molecule has 0 saturated carbocycles. The van der Waals surface area contributed by atoms with Gasteiger partial charge >= 0.3 is 5.69 Å². The van der Waals surface area contributed by atoms with Gasteiger partial charge in [0.1, 0.15) is 18.0 Å². The summed E-state index contributed by atoms with van der Waals surface area (Å²) in [4.78, 5) is 18.4. The fourth-order valence-corrected chi connectivity index (χ4v) is 2.51. The first-order valence-corrected chi connectivity index (χ1v) is 8.04. The lowest BCUT2D eigenvalue weighted by molar-refractivity contribution is -0.383. The molecule has 0 aliphatic rings. The molecule has 11 heteroatoms. The van der Waals surface area contributed by atoms with E-state index in [1.807, 2.05) is 0 Å². The van der Waals surface area contributed by atoms with Crippen LogP contribution < -0.4 is 10.6 Å². The second-order valence-electron chi connectivity index (χ2n) is 5.17. The first-order valence-electron chi connectivity index (χ1n) is 7.28. The molecule has 3 aromatic rings. The Bertz CT molecular complexity index is 964. The highest BCUT2D eigenvalue weighted by Crippen LogP contribution is 2.36. The van der Waals surface area contributed by atoms with Gasteiger partial charge in [-0.3, -0.25) is 10.1 Å². The first kappa shape index (κ1) is 18.7. The van der Waals surface area contributed by atoms with Crippen LogP contribution in [-0.4, -0.2) is 14.9 Å². The Morgan fingerprint density at radius 3 is 2.30 bits per heavy atom. The van der Waals surface area contributed by atoms with Crippen molar-refractivity contribution in [1.29, 1.82) is 0 Å². The van der Waals surface area contributed by atoms with Crippen LogP contribution in [-0.2, 0) is 0 Å². The SMILES string of the molecule is O=[N+]([O-])c1c(Nc2cc(F)ccc2F)ncnc1Nc1cc(Cl)ccc1Cl. The minimum absolute atomic E-state index is 0.210. The summed E-state index contributed by atoms with van der Waals surface area (Å²) in [5, 5.41) is 17.2. The molecular weight excluding hydrogens is 403 g/mol. The van der Waals surface area contributed by atoms with E-state index in [0.717, 1.165) is 24.5 Å². The smallest absolute Gasteiger partial charge is 0.333 e. The van der Waals surface area contributed by atoms with Gasteiger partial charge in [0.05, 0.1) is 21.3 Å². The van der Waals surface area contributed by atoms with Gasteiger partial charge in [0.2, 0.25) is 11.6 Å². The average Bonchev–Trinajstić information content (AvgIpc) is 2.61. The quantitative estimate of drug-likeness (QED) is 0.427. The molecule has 0 atom stereocenters. The molecule has 0 unspecified atom stereocenters. The summed E-state index contributed by atoms with van der Waals surface area (Å²) in [6.45, 7) is 0. The maximum atomic E-state index is 13.8. The van der Waals surface area contributed by atoms with Crippen molar-refractivity contribution in [3.63, 3.8) is 0 Å². The summed E-state index contributed by atoms with van der Waals surface area (Å²) < 4.78 is 27.2. The Labute approximate surface area is 161 Å². The molecule has 0 fully saturated rings. The zero-order chi connectivity index (χ0) is 19.6. The summed E-state index contributed by atoms with van der Waals surface area (Å²) >= 11 is 11.9. The number of benzene rings is 2. The molecule has 0 amide bonds. The van der Waals surface area contributed by atoms with Crippen LogP contribution in [0.25, 0.3) is 0 Å². The highest BCUT2D eigenvalue weighted by molar-refractivity contribution is 6.35. The summed E-state index contributed by atoms with van der Waals surface area (Å²) in [6, 6.07) is 7.15. The van der Waals surface area contributed by atoms with Gasteiger partial charge in [-0.1, -0.05) is 23.2 Å². The normalized spacial score (nSPS) is 10.5. The standard InChI is InChI=1S/C16H9Cl2F2N5O2/c17-8-1-3-10(18)12(5-8)23-15-14(25(26)27)16(22-7-21-15)24-13-6-9(19)2-4-11(13)20/h1-7H,(H2,21,22,23,24). The number of aromatic nitrogens is 2. The Morgan fingerprint density at radius 2 is 1.63 bits per heavy atom. The van der Waals surface area contributed by atoms with Crippen molar-refractivity contribution in [1.82, 2.24) is 9.97 Å². The highest BCUT2D eigenvalue weighted by atomic mass is 35.5. The lowest BCUT2D eigenvalue weighted by atomic mass is 10.3. The van der Waals surface area contributed by atoms with Crippen molar-refractivity contribution in [2.45, 2.75) is 0 Å².